The van der Waals surface area contributed by atoms with Gasteiger partial charge in [0.1, 0.15) is 5.76 Å². The number of carboxylic acids is 1. The number of unbranched alkanes of at least 4 members (excludes halogenated alkanes) is 9. The van der Waals surface area contributed by atoms with E-state index in [1.54, 1.807) is 12.1 Å². The Hall–Kier alpha value is -1.69. The van der Waals surface area contributed by atoms with Crippen molar-refractivity contribution in [1.29, 1.82) is 0 Å². The van der Waals surface area contributed by atoms with Crippen LogP contribution < -0.4 is 5.32 Å². The first kappa shape index (κ1) is 25.3. The molecule has 0 aliphatic carbocycles. The van der Waals surface area contributed by atoms with E-state index >= 15 is 0 Å². The Kier molecular flexibility index (Phi) is 14.1. The van der Waals surface area contributed by atoms with Crippen molar-refractivity contribution in [2.45, 2.75) is 96.5 Å². The van der Waals surface area contributed by atoms with Gasteiger partial charge < -0.3 is 19.6 Å². The molecular formula is C22H36ClNO5. The number of carbonyl (C=O) groups excluding carboxylic acids is 1. The number of carbonyl (C=O) groups is 2. The number of nitrogens with one attached hydrogen (secondary N) is 1. The van der Waals surface area contributed by atoms with E-state index in [9.17, 15) is 9.59 Å². The number of rotatable bonds is 17. The van der Waals surface area contributed by atoms with Crippen LogP contribution in [0, 0.1) is 0 Å². The van der Waals surface area contributed by atoms with Crippen LogP contribution in [0.2, 0.25) is 5.22 Å². The second-order valence-corrected chi connectivity index (χ2v) is 7.80. The average molecular weight is 430 g/mol. The second-order valence-electron chi connectivity index (χ2n) is 7.43. The second kappa shape index (κ2) is 16.1. The predicted octanol–water partition coefficient (Wildman–Crippen LogP) is 6.88. The number of furan rings is 1. The molecule has 0 aromatic carbocycles. The van der Waals surface area contributed by atoms with Gasteiger partial charge in [0.25, 0.3) is 0 Å². The number of amides is 1. The summed E-state index contributed by atoms with van der Waals surface area (Å²) in [5, 5.41) is 11.5. The molecule has 0 spiro atoms. The monoisotopic (exact) mass is 429 g/mol. The molecule has 1 amide bonds. The number of aliphatic carboxylic acids is 1. The Bertz CT molecular complexity index is 575. The van der Waals surface area contributed by atoms with Gasteiger partial charge in [0.2, 0.25) is 0 Å². The summed E-state index contributed by atoms with van der Waals surface area (Å²) in [4.78, 5) is 22.5. The third kappa shape index (κ3) is 13.2. The van der Waals surface area contributed by atoms with E-state index in [1.165, 1.54) is 51.4 Å². The van der Waals surface area contributed by atoms with E-state index in [1.807, 2.05) is 0 Å². The van der Waals surface area contributed by atoms with Crippen LogP contribution in [0.4, 0.5) is 4.79 Å². The van der Waals surface area contributed by atoms with E-state index in [-0.39, 0.29) is 18.2 Å². The summed E-state index contributed by atoms with van der Waals surface area (Å²) in [5.74, 6) is -0.351. The Labute approximate surface area is 179 Å². The number of hydrogen-bond acceptors (Lipinski definition) is 4. The zero-order chi connectivity index (χ0) is 21.3. The van der Waals surface area contributed by atoms with Crippen molar-refractivity contribution in [3.8, 4) is 0 Å². The minimum atomic E-state index is -0.885. The maximum Gasteiger partial charge on any atom is 0.407 e. The van der Waals surface area contributed by atoms with Crippen molar-refractivity contribution in [2.24, 2.45) is 0 Å². The molecule has 1 aromatic rings. The first-order valence-electron chi connectivity index (χ1n) is 10.9. The van der Waals surface area contributed by atoms with Gasteiger partial charge in [0.05, 0.1) is 0 Å². The standard InChI is InChI=1S/C22H36ClNO5/c1-2-3-4-5-6-7-8-9-10-11-13-18(19-15-16-20(23)28-19)29-22(27)24-17-12-14-21(25)26/h15-16,18H,2-14,17H2,1H3,(H,24,27)(H,25,26). The van der Waals surface area contributed by atoms with Crippen LogP contribution in [0.15, 0.2) is 16.5 Å². The normalized spacial score (nSPS) is 11.9. The van der Waals surface area contributed by atoms with Crippen molar-refractivity contribution in [3.05, 3.63) is 23.1 Å². The molecule has 0 fully saturated rings. The van der Waals surface area contributed by atoms with Crippen molar-refractivity contribution in [2.75, 3.05) is 6.54 Å². The number of halogens is 1. The molecule has 0 bridgehead atoms. The van der Waals surface area contributed by atoms with E-state index in [0.29, 0.717) is 18.6 Å². The average Bonchev–Trinajstić information content (AvgIpc) is 3.12. The fourth-order valence-corrected chi connectivity index (χ4v) is 3.33. The number of carboxylic acid groups (broad SMARTS) is 1. The van der Waals surface area contributed by atoms with Crippen molar-refractivity contribution < 1.29 is 23.8 Å². The quantitative estimate of drug-likeness (QED) is 0.263. The predicted molar refractivity (Wildman–Crippen MR) is 114 cm³/mol. The Morgan fingerprint density at radius 2 is 1.66 bits per heavy atom. The molecule has 1 aromatic heterocycles. The molecule has 2 N–H and O–H groups in total. The fourth-order valence-electron chi connectivity index (χ4n) is 3.18. The maximum atomic E-state index is 12.0. The molecule has 0 radical (unpaired) electrons. The Morgan fingerprint density at radius 3 is 2.21 bits per heavy atom. The van der Waals surface area contributed by atoms with Crippen LogP contribution in [-0.2, 0) is 9.53 Å². The molecule has 0 aliphatic rings. The lowest BCUT2D eigenvalue weighted by Crippen LogP contribution is -2.27. The molecule has 0 saturated heterocycles. The molecule has 0 saturated carbocycles. The summed E-state index contributed by atoms with van der Waals surface area (Å²) in [6, 6.07) is 3.36. The van der Waals surface area contributed by atoms with Gasteiger partial charge in [-0.1, -0.05) is 64.7 Å². The lowest BCUT2D eigenvalue weighted by atomic mass is 10.0. The summed E-state index contributed by atoms with van der Waals surface area (Å²) in [5.41, 5.74) is 0. The van der Waals surface area contributed by atoms with Crippen LogP contribution >= 0.6 is 11.6 Å². The highest BCUT2D eigenvalue weighted by atomic mass is 35.5. The number of ether oxygens (including phenoxy) is 1. The van der Waals surface area contributed by atoms with E-state index in [2.05, 4.69) is 12.2 Å². The summed E-state index contributed by atoms with van der Waals surface area (Å²) in [7, 11) is 0. The fraction of sp³-hybridized carbons (Fsp3) is 0.727. The minimum absolute atomic E-state index is 0.0100. The first-order chi connectivity index (χ1) is 14.0. The SMILES string of the molecule is CCCCCCCCCCCCC(OC(=O)NCCCC(=O)O)c1ccc(Cl)o1. The van der Waals surface area contributed by atoms with Gasteiger partial charge in [-0.05, 0) is 43.0 Å². The highest BCUT2D eigenvalue weighted by molar-refractivity contribution is 6.28. The minimum Gasteiger partial charge on any atom is -0.481 e. The molecule has 1 atom stereocenters. The number of alkyl carbamates (subject to hydrolysis) is 1. The van der Waals surface area contributed by atoms with Crippen LogP contribution in [0.3, 0.4) is 0 Å². The number of hydrogen-bond donors (Lipinski definition) is 2. The first-order valence-corrected chi connectivity index (χ1v) is 11.3. The van der Waals surface area contributed by atoms with Crippen molar-refractivity contribution >= 4 is 23.7 Å². The molecule has 166 valence electrons. The third-order valence-corrected chi connectivity index (χ3v) is 5.02. The van der Waals surface area contributed by atoms with Gasteiger partial charge in [0, 0.05) is 13.0 Å². The highest BCUT2D eigenvalue weighted by Crippen LogP contribution is 2.28. The zero-order valence-corrected chi connectivity index (χ0v) is 18.3. The highest BCUT2D eigenvalue weighted by Gasteiger charge is 2.20. The van der Waals surface area contributed by atoms with Crippen molar-refractivity contribution in [1.82, 2.24) is 5.32 Å². The summed E-state index contributed by atoms with van der Waals surface area (Å²) in [6.45, 7) is 2.49. The van der Waals surface area contributed by atoms with E-state index in [0.717, 1.165) is 12.8 Å². The van der Waals surface area contributed by atoms with Crippen LogP contribution in [-0.4, -0.2) is 23.7 Å². The Balaban J connectivity index is 2.26. The molecule has 6 nitrogen and oxygen atoms in total. The zero-order valence-electron chi connectivity index (χ0n) is 17.6. The molecule has 1 unspecified atom stereocenters. The summed E-state index contributed by atoms with van der Waals surface area (Å²) < 4.78 is 10.9. The van der Waals surface area contributed by atoms with Gasteiger partial charge in [0.15, 0.2) is 11.3 Å². The van der Waals surface area contributed by atoms with Gasteiger partial charge in [-0.2, -0.15) is 0 Å². The van der Waals surface area contributed by atoms with Gasteiger partial charge in [-0.15, -0.1) is 0 Å². The van der Waals surface area contributed by atoms with Crippen LogP contribution in [0.25, 0.3) is 0 Å². The van der Waals surface area contributed by atoms with Gasteiger partial charge in [-0.25, -0.2) is 4.79 Å². The van der Waals surface area contributed by atoms with E-state index < -0.39 is 18.2 Å². The lowest BCUT2D eigenvalue weighted by Gasteiger charge is -2.16. The molecular weight excluding hydrogens is 394 g/mol. The molecule has 7 heteroatoms. The van der Waals surface area contributed by atoms with Crippen LogP contribution in [0.5, 0.6) is 0 Å². The van der Waals surface area contributed by atoms with Gasteiger partial charge >= 0.3 is 12.1 Å². The van der Waals surface area contributed by atoms with E-state index in [4.69, 9.17) is 25.9 Å². The molecule has 1 heterocycles. The molecule has 1 rings (SSSR count). The lowest BCUT2D eigenvalue weighted by molar-refractivity contribution is -0.137. The summed E-state index contributed by atoms with van der Waals surface area (Å²) in [6.07, 6.45) is 12.3. The largest absolute Gasteiger partial charge is 0.481 e. The summed E-state index contributed by atoms with van der Waals surface area (Å²) >= 11 is 5.86. The smallest absolute Gasteiger partial charge is 0.407 e. The molecule has 0 aliphatic heterocycles. The Morgan fingerprint density at radius 1 is 1.03 bits per heavy atom. The maximum absolute atomic E-state index is 12.0. The van der Waals surface area contributed by atoms with Crippen molar-refractivity contribution in [3.63, 3.8) is 0 Å². The van der Waals surface area contributed by atoms with Crippen LogP contribution in [0.1, 0.15) is 102 Å². The van der Waals surface area contributed by atoms with Gasteiger partial charge in [-0.3, -0.25) is 4.79 Å². The molecule has 29 heavy (non-hydrogen) atoms. The third-order valence-electron chi connectivity index (χ3n) is 4.82. The topological polar surface area (TPSA) is 88.8 Å².